The molecule has 2 aliphatic rings. The number of guanidine groups is 1. The first kappa shape index (κ1) is 16.9. The summed E-state index contributed by atoms with van der Waals surface area (Å²) in [5, 5.41) is 6.70. The van der Waals surface area contributed by atoms with Crippen LogP contribution in [-0.2, 0) is 0 Å². The lowest BCUT2D eigenvalue weighted by Crippen LogP contribution is -2.38. The zero-order chi connectivity index (χ0) is 16.8. The first-order chi connectivity index (χ1) is 11.8. The normalized spacial score (nSPS) is 17.5. The Morgan fingerprint density at radius 1 is 1.25 bits per heavy atom. The minimum Gasteiger partial charge on any atom is -0.490 e. The van der Waals surface area contributed by atoms with Crippen molar-refractivity contribution < 1.29 is 9.47 Å². The number of ether oxygens (including phenoxy) is 2. The first-order valence-electron chi connectivity index (χ1n) is 8.91. The van der Waals surface area contributed by atoms with E-state index in [1.54, 1.807) is 7.05 Å². The Hall–Kier alpha value is -1.95. The molecule has 0 amide bonds. The number of fused-ring (bicyclic) bond motifs is 1. The second kappa shape index (κ2) is 8.24. The Morgan fingerprint density at radius 3 is 2.75 bits per heavy atom. The van der Waals surface area contributed by atoms with Crippen molar-refractivity contribution in [2.45, 2.75) is 32.2 Å². The van der Waals surface area contributed by atoms with Crippen molar-refractivity contribution in [2.24, 2.45) is 4.99 Å². The van der Waals surface area contributed by atoms with Crippen LogP contribution in [0.4, 0.5) is 5.69 Å². The lowest BCUT2D eigenvalue weighted by molar-refractivity contribution is 0.282. The van der Waals surface area contributed by atoms with E-state index in [0.29, 0.717) is 13.2 Å². The van der Waals surface area contributed by atoms with Crippen LogP contribution < -0.4 is 20.1 Å². The second-order valence-electron chi connectivity index (χ2n) is 6.20. The molecule has 6 heteroatoms. The summed E-state index contributed by atoms with van der Waals surface area (Å²) in [6.07, 6.45) is 3.60. The van der Waals surface area contributed by atoms with Crippen molar-refractivity contribution in [2.75, 3.05) is 45.2 Å². The van der Waals surface area contributed by atoms with Gasteiger partial charge in [0.1, 0.15) is 0 Å². The Labute approximate surface area is 144 Å². The van der Waals surface area contributed by atoms with Gasteiger partial charge in [0.2, 0.25) is 0 Å². The topological polar surface area (TPSA) is 58.1 Å². The summed E-state index contributed by atoms with van der Waals surface area (Å²) in [5.41, 5.74) is 0.946. The molecule has 0 atom stereocenters. The maximum Gasteiger partial charge on any atom is 0.195 e. The van der Waals surface area contributed by atoms with Gasteiger partial charge in [-0.2, -0.15) is 0 Å². The van der Waals surface area contributed by atoms with Gasteiger partial charge in [-0.1, -0.05) is 6.92 Å². The van der Waals surface area contributed by atoms with Crippen molar-refractivity contribution in [1.82, 2.24) is 10.2 Å². The van der Waals surface area contributed by atoms with E-state index in [1.165, 1.54) is 12.8 Å². The smallest absolute Gasteiger partial charge is 0.195 e. The Morgan fingerprint density at radius 2 is 2.04 bits per heavy atom. The molecule has 1 aromatic rings. The van der Waals surface area contributed by atoms with E-state index in [4.69, 9.17) is 9.47 Å². The summed E-state index contributed by atoms with van der Waals surface area (Å²) in [5.74, 6) is 2.37. The van der Waals surface area contributed by atoms with Crippen molar-refractivity contribution in [3.63, 3.8) is 0 Å². The fraction of sp³-hybridized carbons (Fsp3) is 0.611. The van der Waals surface area contributed by atoms with Crippen LogP contribution in [0.2, 0.25) is 0 Å². The summed E-state index contributed by atoms with van der Waals surface area (Å²) >= 11 is 0. The molecule has 1 saturated carbocycles. The number of benzene rings is 1. The number of nitrogens with zero attached hydrogens (tertiary/aromatic N) is 2. The van der Waals surface area contributed by atoms with E-state index >= 15 is 0 Å². The van der Waals surface area contributed by atoms with Crippen LogP contribution in [0, 0.1) is 0 Å². The van der Waals surface area contributed by atoms with Crippen LogP contribution in [0.5, 0.6) is 11.5 Å². The molecule has 132 valence electrons. The fourth-order valence-electron chi connectivity index (χ4n) is 2.91. The van der Waals surface area contributed by atoms with Gasteiger partial charge in [0.15, 0.2) is 17.5 Å². The van der Waals surface area contributed by atoms with E-state index in [2.05, 4.69) is 27.4 Å². The van der Waals surface area contributed by atoms with Crippen LogP contribution in [0.15, 0.2) is 23.2 Å². The lowest BCUT2D eigenvalue weighted by Gasteiger charge is -2.21. The van der Waals surface area contributed by atoms with E-state index < -0.39 is 0 Å². The first-order valence-corrected chi connectivity index (χ1v) is 8.91. The molecule has 3 rings (SSSR count). The molecule has 1 heterocycles. The lowest BCUT2D eigenvalue weighted by atomic mass is 10.3. The van der Waals surface area contributed by atoms with E-state index in [-0.39, 0.29) is 0 Å². The van der Waals surface area contributed by atoms with Gasteiger partial charge < -0.3 is 20.1 Å². The predicted octanol–water partition coefficient (Wildman–Crippen LogP) is 2.32. The van der Waals surface area contributed by atoms with Crippen LogP contribution in [0.3, 0.4) is 0 Å². The molecule has 0 bridgehead atoms. The summed E-state index contributed by atoms with van der Waals surface area (Å²) in [7, 11) is 1.79. The highest BCUT2D eigenvalue weighted by Gasteiger charge is 2.27. The third-order valence-corrected chi connectivity index (χ3v) is 4.39. The molecule has 0 unspecified atom stereocenters. The van der Waals surface area contributed by atoms with E-state index in [1.807, 2.05) is 18.2 Å². The molecule has 0 saturated heterocycles. The zero-order valence-corrected chi connectivity index (χ0v) is 14.7. The molecule has 2 N–H and O–H groups in total. The van der Waals surface area contributed by atoms with Gasteiger partial charge in [0.05, 0.1) is 13.2 Å². The standard InChI is InChI=1S/C18H28N4O2/c1-3-22(15-6-7-15)10-9-20-18(19-2)21-14-5-8-16-17(13-14)24-12-4-11-23-16/h5,8,13,15H,3-4,6-7,9-12H2,1-2H3,(H2,19,20,21). The van der Waals surface area contributed by atoms with Crippen LogP contribution in [0.25, 0.3) is 0 Å². The predicted molar refractivity (Wildman–Crippen MR) is 97.3 cm³/mol. The molecule has 24 heavy (non-hydrogen) atoms. The number of anilines is 1. The summed E-state index contributed by atoms with van der Waals surface area (Å²) < 4.78 is 11.4. The Kier molecular flexibility index (Phi) is 5.80. The van der Waals surface area contributed by atoms with Gasteiger partial charge in [-0.3, -0.25) is 9.89 Å². The molecule has 0 radical (unpaired) electrons. The minimum atomic E-state index is 0.692. The number of aliphatic imine (C=N–C) groups is 1. The highest BCUT2D eigenvalue weighted by atomic mass is 16.5. The number of hydrogen-bond donors (Lipinski definition) is 2. The number of likely N-dealkylation sites (N-methyl/N-ethyl adjacent to an activating group) is 1. The number of hydrogen-bond acceptors (Lipinski definition) is 4. The van der Waals surface area contributed by atoms with Crippen molar-refractivity contribution in [1.29, 1.82) is 0 Å². The van der Waals surface area contributed by atoms with Gasteiger partial charge in [-0.25, -0.2) is 0 Å². The second-order valence-corrected chi connectivity index (χ2v) is 6.20. The summed E-state index contributed by atoms with van der Waals surface area (Å²) in [4.78, 5) is 6.82. The van der Waals surface area contributed by atoms with Crippen molar-refractivity contribution >= 4 is 11.6 Å². The van der Waals surface area contributed by atoms with Crippen LogP contribution in [0.1, 0.15) is 26.2 Å². The summed E-state index contributed by atoms with van der Waals surface area (Å²) in [6, 6.07) is 6.70. The largest absolute Gasteiger partial charge is 0.490 e. The van der Waals surface area contributed by atoms with E-state index in [0.717, 1.165) is 55.2 Å². The molecular weight excluding hydrogens is 304 g/mol. The number of nitrogens with one attached hydrogen (secondary N) is 2. The van der Waals surface area contributed by atoms with Crippen LogP contribution in [-0.4, -0.2) is 56.8 Å². The van der Waals surface area contributed by atoms with Crippen LogP contribution >= 0.6 is 0 Å². The van der Waals surface area contributed by atoms with Crippen molar-refractivity contribution in [3.05, 3.63) is 18.2 Å². The van der Waals surface area contributed by atoms with Gasteiger partial charge in [0.25, 0.3) is 0 Å². The highest BCUT2D eigenvalue weighted by molar-refractivity contribution is 5.93. The molecule has 1 aliphatic carbocycles. The van der Waals surface area contributed by atoms with Gasteiger partial charge >= 0.3 is 0 Å². The van der Waals surface area contributed by atoms with Gasteiger partial charge in [-0.15, -0.1) is 0 Å². The zero-order valence-electron chi connectivity index (χ0n) is 14.7. The molecule has 0 aromatic heterocycles. The fourth-order valence-corrected chi connectivity index (χ4v) is 2.91. The quantitative estimate of drug-likeness (QED) is 0.618. The SMILES string of the molecule is CCN(CCNC(=NC)Nc1ccc2c(c1)OCCCO2)C1CC1. The Balaban J connectivity index is 1.52. The third-order valence-electron chi connectivity index (χ3n) is 4.39. The average Bonchev–Trinajstić information content (AvgIpc) is 3.44. The van der Waals surface area contributed by atoms with E-state index in [9.17, 15) is 0 Å². The molecule has 1 aliphatic heterocycles. The van der Waals surface area contributed by atoms with Gasteiger partial charge in [-0.05, 0) is 31.5 Å². The maximum atomic E-state index is 5.73. The average molecular weight is 332 g/mol. The molecule has 6 nitrogen and oxygen atoms in total. The monoisotopic (exact) mass is 332 g/mol. The molecule has 0 spiro atoms. The maximum absolute atomic E-state index is 5.73. The minimum absolute atomic E-state index is 0.692. The van der Waals surface area contributed by atoms with Gasteiger partial charge in [0, 0.05) is 44.4 Å². The highest BCUT2D eigenvalue weighted by Crippen LogP contribution is 2.32. The number of rotatable bonds is 6. The molecular formula is C18H28N4O2. The molecule has 1 aromatic carbocycles. The Bertz CT molecular complexity index is 572. The summed E-state index contributed by atoms with van der Waals surface area (Å²) in [6.45, 7) is 6.66. The molecule has 1 fully saturated rings. The van der Waals surface area contributed by atoms with Crippen molar-refractivity contribution in [3.8, 4) is 11.5 Å². The third kappa shape index (κ3) is 4.54.